The Morgan fingerprint density at radius 2 is 2.06 bits per heavy atom. The topological polar surface area (TPSA) is 132 Å². The maximum atomic E-state index is 13.3. The number of piperidine rings is 1. The van der Waals surface area contributed by atoms with Crippen molar-refractivity contribution in [3.63, 3.8) is 0 Å². The molecule has 0 aliphatic carbocycles. The van der Waals surface area contributed by atoms with Crippen LogP contribution in [0.2, 0.25) is 0 Å². The lowest BCUT2D eigenvalue weighted by Gasteiger charge is -2.38. The number of hydrogen-bond acceptors (Lipinski definition) is 8. The van der Waals surface area contributed by atoms with Gasteiger partial charge in [-0.25, -0.2) is 24.5 Å². The van der Waals surface area contributed by atoms with Crippen molar-refractivity contribution in [3.05, 3.63) is 41.4 Å². The number of amides is 1. The zero-order chi connectivity index (χ0) is 24.5. The lowest BCUT2D eigenvalue weighted by Crippen LogP contribution is -2.47. The Labute approximate surface area is 202 Å². The van der Waals surface area contributed by atoms with Crippen molar-refractivity contribution in [2.45, 2.75) is 52.5 Å². The third-order valence-corrected chi connectivity index (χ3v) is 6.99. The minimum Gasteiger partial charge on any atom is -0.355 e. The number of nitriles is 1. The molecule has 1 N–H and O–H groups in total. The summed E-state index contributed by atoms with van der Waals surface area (Å²) >= 11 is 0. The summed E-state index contributed by atoms with van der Waals surface area (Å²) in [5.41, 5.74) is 5.31. The van der Waals surface area contributed by atoms with Gasteiger partial charge >= 0.3 is 0 Å². The Bertz CT molecular complexity index is 1420. The van der Waals surface area contributed by atoms with Crippen LogP contribution < -0.4 is 4.90 Å². The molecule has 0 aromatic carbocycles. The van der Waals surface area contributed by atoms with Gasteiger partial charge in [0.15, 0.2) is 17.1 Å². The van der Waals surface area contributed by atoms with Gasteiger partial charge in [-0.2, -0.15) is 10.4 Å². The number of imidazole rings is 1. The summed E-state index contributed by atoms with van der Waals surface area (Å²) in [5, 5.41) is 13.6. The predicted molar refractivity (Wildman–Crippen MR) is 130 cm³/mol. The maximum absolute atomic E-state index is 13.3. The molecule has 11 nitrogen and oxygen atoms in total. The minimum atomic E-state index is 0.154. The van der Waals surface area contributed by atoms with Crippen molar-refractivity contribution in [2.75, 3.05) is 24.5 Å². The van der Waals surface area contributed by atoms with Crippen LogP contribution in [0, 0.1) is 25.2 Å². The highest BCUT2D eigenvalue weighted by Crippen LogP contribution is 2.26. The average Bonchev–Trinajstić information content (AvgIpc) is 3.51. The van der Waals surface area contributed by atoms with E-state index in [1.807, 2.05) is 25.7 Å². The Kier molecular flexibility index (Phi) is 6.03. The average molecular weight is 473 g/mol. The van der Waals surface area contributed by atoms with Crippen LogP contribution in [0.1, 0.15) is 48.7 Å². The molecule has 1 aliphatic rings. The van der Waals surface area contributed by atoms with E-state index >= 15 is 0 Å². The molecule has 5 heterocycles. The van der Waals surface area contributed by atoms with E-state index in [4.69, 9.17) is 0 Å². The number of anilines is 1. The molecule has 0 saturated carbocycles. The zero-order valence-corrected chi connectivity index (χ0v) is 20.2. The number of nitrogens with zero attached hydrogens (tertiary/aromatic N) is 9. The van der Waals surface area contributed by atoms with Gasteiger partial charge in [-0.1, -0.05) is 0 Å². The second kappa shape index (κ2) is 9.29. The zero-order valence-electron chi connectivity index (χ0n) is 20.2. The standard InChI is InChI=1S/C24H28N10O/c1-4-33(18-7-9-32(10-8-18)24-21-22(27-13-26-21)28-14-29-24)20(35)6-5-19-15(2)31-23-17(11-25)12-30-34(23)16(19)3/h12-14,18H,4-10H2,1-3H3,(H,26,27,28,29). The summed E-state index contributed by atoms with van der Waals surface area (Å²) in [6.07, 6.45) is 7.49. The molecule has 4 aromatic heterocycles. The highest BCUT2D eigenvalue weighted by molar-refractivity contribution is 5.82. The van der Waals surface area contributed by atoms with E-state index < -0.39 is 0 Å². The van der Waals surface area contributed by atoms with Gasteiger partial charge in [0.2, 0.25) is 5.91 Å². The molecule has 5 rings (SSSR count). The first-order valence-corrected chi connectivity index (χ1v) is 11.9. The summed E-state index contributed by atoms with van der Waals surface area (Å²) in [6, 6.07) is 2.34. The molecule has 1 aliphatic heterocycles. The van der Waals surface area contributed by atoms with Crippen LogP contribution in [0.25, 0.3) is 16.8 Å². The molecule has 4 aromatic rings. The van der Waals surface area contributed by atoms with Crippen LogP contribution in [0.5, 0.6) is 0 Å². The second-order valence-corrected chi connectivity index (χ2v) is 8.86. The van der Waals surface area contributed by atoms with Crippen LogP contribution in [-0.2, 0) is 11.2 Å². The normalized spacial score (nSPS) is 14.5. The van der Waals surface area contributed by atoms with Crippen molar-refractivity contribution >= 4 is 28.5 Å². The van der Waals surface area contributed by atoms with Crippen molar-refractivity contribution in [3.8, 4) is 6.07 Å². The van der Waals surface area contributed by atoms with E-state index in [0.29, 0.717) is 36.2 Å². The lowest BCUT2D eigenvalue weighted by molar-refractivity contribution is -0.133. The fraction of sp³-hybridized carbons (Fsp3) is 0.458. The molecule has 0 atom stereocenters. The first kappa shape index (κ1) is 22.7. The van der Waals surface area contributed by atoms with Gasteiger partial charge in [0.25, 0.3) is 0 Å². The highest BCUT2D eigenvalue weighted by Gasteiger charge is 2.28. The fourth-order valence-electron chi connectivity index (χ4n) is 5.15. The van der Waals surface area contributed by atoms with Gasteiger partial charge in [0.1, 0.15) is 23.5 Å². The number of aromatic amines is 1. The molecule has 0 spiro atoms. The third-order valence-electron chi connectivity index (χ3n) is 6.99. The van der Waals surface area contributed by atoms with Gasteiger partial charge in [-0.05, 0) is 45.6 Å². The minimum absolute atomic E-state index is 0.154. The van der Waals surface area contributed by atoms with Crippen LogP contribution in [0.15, 0.2) is 18.9 Å². The summed E-state index contributed by atoms with van der Waals surface area (Å²) in [6.45, 7) is 8.25. The monoisotopic (exact) mass is 472 g/mol. The van der Waals surface area contributed by atoms with E-state index in [9.17, 15) is 10.1 Å². The van der Waals surface area contributed by atoms with E-state index in [1.165, 1.54) is 6.20 Å². The van der Waals surface area contributed by atoms with Crippen molar-refractivity contribution in [1.29, 1.82) is 5.26 Å². The summed E-state index contributed by atoms with van der Waals surface area (Å²) in [7, 11) is 0. The summed E-state index contributed by atoms with van der Waals surface area (Å²) in [5.74, 6) is 1.02. The van der Waals surface area contributed by atoms with Gasteiger partial charge in [0.05, 0.1) is 12.5 Å². The molecule has 11 heteroatoms. The SMILES string of the molecule is CCN(C(=O)CCc1c(C)nc2c(C#N)cnn2c1C)C1CCN(c2ncnc3nc[nH]c23)CC1. The van der Waals surface area contributed by atoms with E-state index in [2.05, 4.69) is 41.0 Å². The largest absolute Gasteiger partial charge is 0.355 e. The molecule has 0 unspecified atom stereocenters. The Hall–Kier alpha value is -4.07. The number of hydrogen-bond donors (Lipinski definition) is 1. The molecule has 1 fully saturated rings. The smallest absolute Gasteiger partial charge is 0.223 e. The number of carbonyl (C=O) groups excluding carboxylic acids is 1. The van der Waals surface area contributed by atoms with Crippen molar-refractivity contribution in [2.24, 2.45) is 0 Å². The maximum Gasteiger partial charge on any atom is 0.223 e. The highest BCUT2D eigenvalue weighted by atomic mass is 16.2. The number of carbonyl (C=O) groups is 1. The first-order valence-electron chi connectivity index (χ1n) is 11.9. The fourth-order valence-corrected chi connectivity index (χ4v) is 5.15. The number of aromatic nitrogens is 7. The van der Waals surface area contributed by atoms with Crippen LogP contribution in [0.4, 0.5) is 5.82 Å². The first-order chi connectivity index (χ1) is 17.0. The number of rotatable bonds is 6. The Balaban J connectivity index is 1.25. The number of nitrogens with one attached hydrogen (secondary N) is 1. The predicted octanol–water partition coefficient (Wildman–Crippen LogP) is 2.33. The second-order valence-electron chi connectivity index (χ2n) is 8.86. The Morgan fingerprint density at radius 1 is 1.26 bits per heavy atom. The van der Waals surface area contributed by atoms with Gasteiger partial charge in [0, 0.05) is 43.5 Å². The van der Waals surface area contributed by atoms with Gasteiger partial charge in [-0.15, -0.1) is 0 Å². The number of fused-ring (bicyclic) bond motifs is 2. The van der Waals surface area contributed by atoms with Gasteiger partial charge < -0.3 is 14.8 Å². The number of aryl methyl sites for hydroxylation is 2. The van der Waals surface area contributed by atoms with Crippen molar-refractivity contribution in [1.82, 2.24) is 39.4 Å². The lowest BCUT2D eigenvalue weighted by atomic mass is 10.0. The molecule has 1 saturated heterocycles. The van der Waals surface area contributed by atoms with E-state index in [0.717, 1.165) is 54.2 Å². The van der Waals surface area contributed by atoms with Crippen molar-refractivity contribution < 1.29 is 4.79 Å². The van der Waals surface area contributed by atoms with E-state index in [-0.39, 0.29) is 11.9 Å². The molecule has 35 heavy (non-hydrogen) atoms. The summed E-state index contributed by atoms with van der Waals surface area (Å²) < 4.78 is 1.70. The molecular weight excluding hydrogens is 444 g/mol. The molecular formula is C24H28N10O. The van der Waals surface area contributed by atoms with E-state index in [1.54, 1.807) is 17.2 Å². The van der Waals surface area contributed by atoms with Crippen LogP contribution in [-0.4, -0.2) is 71.0 Å². The Morgan fingerprint density at radius 3 is 2.80 bits per heavy atom. The molecule has 1 amide bonds. The molecule has 0 bridgehead atoms. The van der Waals surface area contributed by atoms with Crippen LogP contribution >= 0.6 is 0 Å². The molecule has 180 valence electrons. The third kappa shape index (κ3) is 4.05. The quantitative estimate of drug-likeness (QED) is 0.452. The van der Waals surface area contributed by atoms with Crippen LogP contribution in [0.3, 0.4) is 0 Å². The molecule has 0 radical (unpaired) electrons. The number of H-pyrrole nitrogens is 1. The summed E-state index contributed by atoms with van der Waals surface area (Å²) in [4.78, 5) is 38.1. The van der Waals surface area contributed by atoms with Gasteiger partial charge in [-0.3, -0.25) is 4.79 Å².